The van der Waals surface area contributed by atoms with Gasteiger partial charge in [0.2, 0.25) is 11.8 Å². The number of amides is 2. The first kappa shape index (κ1) is 14.4. The smallest absolute Gasteiger partial charge is 0.327 e. The Balaban J connectivity index is 1.63. The highest BCUT2D eigenvalue weighted by Gasteiger charge is 2.63. The van der Waals surface area contributed by atoms with Gasteiger partial charge in [0.25, 0.3) is 0 Å². The molecule has 23 heavy (non-hydrogen) atoms. The number of carboxylic acids is 1. The van der Waals surface area contributed by atoms with E-state index in [1.165, 1.54) is 0 Å². The fourth-order valence-corrected chi connectivity index (χ4v) is 4.17. The van der Waals surface area contributed by atoms with Crippen molar-refractivity contribution in [1.82, 2.24) is 4.90 Å². The van der Waals surface area contributed by atoms with Gasteiger partial charge in [-0.05, 0) is 18.4 Å². The van der Waals surface area contributed by atoms with Crippen molar-refractivity contribution in [3.63, 3.8) is 0 Å². The van der Waals surface area contributed by atoms with Crippen molar-refractivity contribution in [2.24, 2.45) is 11.8 Å². The quantitative estimate of drug-likeness (QED) is 0.833. The lowest BCUT2D eigenvalue weighted by Crippen LogP contribution is -2.48. The van der Waals surface area contributed by atoms with Crippen LogP contribution in [0.4, 0.5) is 0 Å². The monoisotopic (exact) mass is 315 g/mol. The van der Waals surface area contributed by atoms with Gasteiger partial charge in [-0.3, -0.25) is 14.5 Å². The summed E-state index contributed by atoms with van der Waals surface area (Å²) in [6.45, 7) is 0. The number of fused-ring (bicyclic) bond motifs is 5. The van der Waals surface area contributed by atoms with Crippen molar-refractivity contribution in [2.75, 3.05) is 0 Å². The minimum absolute atomic E-state index is 0.128. The van der Waals surface area contributed by atoms with E-state index in [0.29, 0.717) is 0 Å². The number of benzene rings is 1. The molecular weight excluding hydrogens is 298 g/mol. The molecule has 1 aromatic rings. The molecule has 2 amide bonds. The maximum atomic E-state index is 12.7. The number of imide groups is 1. The molecule has 1 aromatic carbocycles. The fraction of sp³-hybridized carbons (Fsp3) is 0.471. The summed E-state index contributed by atoms with van der Waals surface area (Å²) in [4.78, 5) is 38.1. The van der Waals surface area contributed by atoms with Gasteiger partial charge >= 0.3 is 5.97 Å². The summed E-state index contributed by atoms with van der Waals surface area (Å²) < 4.78 is 5.67. The number of hydrogen-bond donors (Lipinski definition) is 1. The van der Waals surface area contributed by atoms with Crippen molar-refractivity contribution in [3.05, 3.63) is 35.9 Å². The van der Waals surface area contributed by atoms with Gasteiger partial charge in [0, 0.05) is 6.42 Å². The normalized spacial score (nSPS) is 33.1. The Morgan fingerprint density at radius 1 is 1.13 bits per heavy atom. The molecule has 0 radical (unpaired) electrons. The Morgan fingerprint density at radius 2 is 1.70 bits per heavy atom. The second-order valence-electron chi connectivity index (χ2n) is 6.43. The van der Waals surface area contributed by atoms with E-state index in [2.05, 4.69) is 0 Å². The first-order chi connectivity index (χ1) is 11.1. The average molecular weight is 315 g/mol. The van der Waals surface area contributed by atoms with Crippen LogP contribution < -0.4 is 0 Å². The topological polar surface area (TPSA) is 83.9 Å². The molecule has 6 nitrogen and oxygen atoms in total. The van der Waals surface area contributed by atoms with E-state index in [1.54, 1.807) is 12.1 Å². The third-order valence-electron chi connectivity index (χ3n) is 5.19. The second-order valence-corrected chi connectivity index (χ2v) is 6.43. The van der Waals surface area contributed by atoms with Gasteiger partial charge in [0.1, 0.15) is 6.04 Å². The summed E-state index contributed by atoms with van der Waals surface area (Å²) in [6, 6.07) is 7.91. The van der Waals surface area contributed by atoms with Gasteiger partial charge in [0.15, 0.2) is 0 Å². The standard InChI is InChI=1S/C17H17NO5/c19-15-13-11-6-7-12(23-11)14(13)16(20)18(15)10(17(21)22)8-9-4-2-1-3-5-9/h1-5,10-14H,6-8H2,(H,21,22)/t10-,11-,12+,13-,14+/m0/s1. The second kappa shape index (κ2) is 5.16. The number of likely N-dealkylation sites (tertiary alicyclic amines) is 1. The first-order valence-electron chi connectivity index (χ1n) is 7.87. The number of hydrogen-bond acceptors (Lipinski definition) is 4. The maximum absolute atomic E-state index is 12.7. The zero-order chi connectivity index (χ0) is 16.1. The van der Waals surface area contributed by atoms with Crippen molar-refractivity contribution < 1.29 is 24.2 Å². The van der Waals surface area contributed by atoms with Gasteiger partial charge in [-0.2, -0.15) is 0 Å². The summed E-state index contributed by atoms with van der Waals surface area (Å²) in [5.41, 5.74) is 0.789. The minimum atomic E-state index is -1.15. The molecule has 3 fully saturated rings. The first-order valence-corrected chi connectivity index (χ1v) is 7.87. The van der Waals surface area contributed by atoms with Crippen molar-refractivity contribution in [1.29, 1.82) is 0 Å². The van der Waals surface area contributed by atoms with Crippen LogP contribution in [0.15, 0.2) is 30.3 Å². The van der Waals surface area contributed by atoms with Gasteiger partial charge < -0.3 is 9.84 Å². The molecule has 0 unspecified atom stereocenters. The largest absolute Gasteiger partial charge is 0.480 e. The van der Waals surface area contributed by atoms with Crippen LogP contribution in [-0.2, 0) is 25.5 Å². The van der Waals surface area contributed by atoms with E-state index in [1.807, 2.05) is 18.2 Å². The van der Waals surface area contributed by atoms with E-state index in [-0.39, 0.29) is 30.4 Å². The maximum Gasteiger partial charge on any atom is 0.327 e. The lowest BCUT2D eigenvalue weighted by molar-refractivity contribution is -0.156. The summed E-state index contributed by atoms with van der Waals surface area (Å²) in [6.07, 6.45) is 1.23. The third-order valence-corrected chi connectivity index (χ3v) is 5.19. The number of carboxylic acid groups (broad SMARTS) is 1. The van der Waals surface area contributed by atoms with Gasteiger partial charge in [-0.15, -0.1) is 0 Å². The van der Waals surface area contributed by atoms with Crippen LogP contribution in [0.5, 0.6) is 0 Å². The van der Waals surface area contributed by atoms with Crippen LogP contribution in [0.25, 0.3) is 0 Å². The number of aliphatic carboxylic acids is 1. The number of rotatable bonds is 4. The lowest BCUT2D eigenvalue weighted by Gasteiger charge is -2.24. The lowest BCUT2D eigenvalue weighted by atomic mass is 9.81. The van der Waals surface area contributed by atoms with E-state index in [9.17, 15) is 19.5 Å². The SMILES string of the molecule is O=C(O)[C@H](Cc1ccccc1)N1C(=O)[C@@H]2[C@H](C1=O)[C@H]1CC[C@@H]2O1. The predicted octanol–water partition coefficient (Wildman–Crippen LogP) is 0.845. The molecule has 3 aliphatic rings. The molecule has 5 atom stereocenters. The predicted molar refractivity (Wildman–Crippen MR) is 78.3 cm³/mol. The van der Waals surface area contributed by atoms with E-state index in [4.69, 9.17) is 4.74 Å². The van der Waals surface area contributed by atoms with Crippen molar-refractivity contribution in [2.45, 2.75) is 37.5 Å². The number of carbonyl (C=O) groups is 3. The Kier molecular flexibility index (Phi) is 3.23. The molecule has 0 aromatic heterocycles. The Morgan fingerprint density at radius 3 is 2.22 bits per heavy atom. The summed E-state index contributed by atoms with van der Waals surface area (Å²) in [5, 5.41) is 9.56. The molecule has 3 aliphatic heterocycles. The van der Waals surface area contributed by atoms with Crippen LogP contribution in [0.3, 0.4) is 0 Å². The zero-order valence-electron chi connectivity index (χ0n) is 12.4. The number of ether oxygens (including phenoxy) is 1. The molecule has 4 rings (SSSR count). The van der Waals surface area contributed by atoms with Crippen molar-refractivity contribution in [3.8, 4) is 0 Å². The van der Waals surface area contributed by atoms with E-state index < -0.39 is 23.8 Å². The fourth-order valence-electron chi connectivity index (χ4n) is 4.17. The third kappa shape index (κ3) is 2.09. The summed E-state index contributed by atoms with van der Waals surface area (Å²) in [5.74, 6) is -2.88. The molecule has 1 N–H and O–H groups in total. The summed E-state index contributed by atoms with van der Waals surface area (Å²) in [7, 11) is 0. The Bertz CT molecular complexity index is 645. The van der Waals surface area contributed by atoms with Crippen LogP contribution in [0.2, 0.25) is 0 Å². The highest BCUT2D eigenvalue weighted by molar-refractivity contribution is 6.08. The van der Waals surface area contributed by atoms with Crippen molar-refractivity contribution >= 4 is 17.8 Å². The van der Waals surface area contributed by atoms with Gasteiger partial charge in [0.05, 0.1) is 24.0 Å². The Labute approximate surface area is 133 Å². The average Bonchev–Trinajstić information content (AvgIpc) is 3.21. The summed E-state index contributed by atoms with van der Waals surface area (Å²) >= 11 is 0. The molecule has 2 bridgehead atoms. The molecule has 6 heteroatoms. The van der Waals surface area contributed by atoms with E-state index in [0.717, 1.165) is 23.3 Å². The zero-order valence-corrected chi connectivity index (χ0v) is 12.4. The van der Waals surface area contributed by atoms with Gasteiger partial charge in [-0.1, -0.05) is 30.3 Å². The molecule has 0 aliphatic carbocycles. The molecule has 120 valence electrons. The highest BCUT2D eigenvalue weighted by atomic mass is 16.5. The number of nitrogens with zero attached hydrogens (tertiary/aromatic N) is 1. The molecule has 3 saturated heterocycles. The minimum Gasteiger partial charge on any atom is -0.480 e. The van der Waals surface area contributed by atoms with Gasteiger partial charge in [-0.25, -0.2) is 4.79 Å². The molecule has 0 spiro atoms. The highest BCUT2D eigenvalue weighted by Crippen LogP contribution is 2.49. The van der Waals surface area contributed by atoms with Crippen LogP contribution in [-0.4, -0.2) is 46.0 Å². The van der Waals surface area contributed by atoms with Crippen LogP contribution in [0, 0.1) is 11.8 Å². The molecule has 0 saturated carbocycles. The van der Waals surface area contributed by atoms with Crippen LogP contribution in [0.1, 0.15) is 18.4 Å². The number of carbonyl (C=O) groups excluding carboxylic acids is 2. The Hall–Kier alpha value is -2.21. The van der Waals surface area contributed by atoms with Crippen LogP contribution >= 0.6 is 0 Å². The molecule has 3 heterocycles. The van der Waals surface area contributed by atoms with E-state index >= 15 is 0 Å². The molecular formula is C17H17NO5.